The first kappa shape index (κ1) is 28.7. The maximum atomic E-state index is 14.0. The minimum Gasteiger partial charge on any atom is -0.454 e. The molecule has 0 aromatic heterocycles. The van der Waals surface area contributed by atoms with E-state index >= 15 is 0 Å². The summed E-state index contributed by atoms with van der Waals surface area (Å²) in [5, 5.41) is 28.4. The molecule has 7 rings (SSSR count). The number of esters is 1. The van der Waals surface area contributed by atoms with Crippen molar-refractivity contribution in [3.8, 4) is 0 Å². The summed E-state index contributed by atoms with van der Waals surface area (Å²) >= 11 is 0. The number of likely N-dealkylation sites (N-methyl/N-ethyl adjacent to an activating group) is 1. The third-order valence-electron chi connectivity index (χ3n) is 12.6. The molecule has 1 aromatic carbocycles. The number of nitrogens with one attached hydrogen (secondary N) is 1. The fraction of sp³-hybridized carbons (Fsp3) is 0.750. The molecule has 1 aromatic rings. The largest absolute Gasteiger partial charge is 0.454 e. The Kier molecular flexibility index (Phi) is 6.46. The number of fused-ring (bicyclic) bond motifs is 2. The number of hydrogen-bond acceptors (Lipinski definition) is 9. The quantitative estimate of drug-likeness (QED) is 0.414. The summed E-state index contributed by atoms with van der Waals surface area (Å²) in [5.74, 6) is -1.54. The average Bonchev–Trinajstić information content (AvgIpc) is 3.39. The first-order chi connectivity index (χ1) is 20.1. The minimum atomic E-state index is -1.48. The van der Waals surface area contributed by atoms with Crippen LogP contribution in [0.25, 0.3) is 0 Å². The van der Waals surface area contributed by atoms with Crippen molar-refractivity contribution in [1.29, 1.82) is 0 Å². The molecule has 3 N–H and O–H groups in total. The van der Waals surface area contributed by atoms with Gasteiger partial charge in [0.25, 0.3) is 0 Å². The molecule has 1 spiro atoms. The molecular formula is C32H44N2O8. The molecule has 230 valence electrons. The lowest BCUT2D eigenvalue weighted by Crippen LogP contribution is -2.83. The van der Waals surface area contributed by atoms with Crippen LogP contribution >= 0.6 is 0 Å². The lowest BCUT2D eigenvalue weighted by atomic mass is 9.44. The molecule has 12 atom stereocenters. The standard InChI is InChI=1S/C32H44N2O8/c1-6-34-16-29(42-28(36)18-9-7-8-10-21(18)33-17(2)35)12-11-25(40-4)31-23(29)14-20(26(31)34)30(37)15-22(39-3)19-13-24(31)32(30,38)27(19)41-5/h7-10,19-20,22-27,37-38H,6,11-16H2,1-5H3,(H,33,35)/t19-,20+,22+,23-,24+,25+,26+,27+,29-,30+,31?,32+/m1/s1. The van der Waals surface area contributed by atoms with Crippen LogP contribution in [0.4, 0.5) is 5.69 Å². The van der Waals surface area contributed by atoms with Gasteiger partial charge in [0, 0.05) is 76.3 Å². The first-order valence-electron chi connectivity index (χ1n) is 15.4. The van der Waals surface area contributed by atoms with Crippen LogP contribution in [-0.2, 0) is 23.7 Å². The predicted octanol–water partition coefficient (Wildman–Crippen LogP) is 2.22. The van der Waals surface area contributed by atoms with Crippen LogP contribution in [0.2, 0.25) is 0 Å². The van der Waals surface area contributed by atoms with Crippen molar-refractivity contribution in [2.24, 2.45) is 29.1 Å². The summed E-state index contributed by atoms with van der Waals surface area (Å²) in [6.45, 7) is 4.79. The maximum Gasteiger partial charge on any atom is 0.340 e. The molecule has 1 unspecified atom stereocenters. The normalized spacial score (nSPS) is 48.2. The van der Waals surface area contributed by atoms with Crippen LogP contribution in [0.3, 0.4) is 0 Å². The number of anilines is 1. The van der Waals surface area contributed by atoms with E-state index in [4.69, 9.17) is 18.9 Å². The summed E-state index contributed by atoms with van der Waals surface area (Å²) in [4.78, 5) is 28.3. The van der Waals surface area contributed by atoms with Crippen LogP contribution in [0, 0.1) is 29.1 Å². The van der Waals surface area contributed by atoms with Gasteiger partial charge in [0.05, 0.1) is 29.6 Å². The summed E-state index contributed by atoms with van der Waals surface area (Å²) < 4.78 is 25.1. The van der Waals surface area contributed by atoms with Crippen molar-refractivity contribution in [2.45, 2.75) is 87.1 Å². The molecule has 1 saturated heterocycles. The lowest BCUT2D eigenvalue weighted by molar-refractivity contribution is -0.337. The molecule has 1 heterocycles. The number of aliphatic hydroxyl groups is 2. The third kappa shape index (κ3) is 3.21. The molecule has 6 aliphatic rings. The van der Waals surface area contributed by atoms with Gasteiger partial charge in [-0.25, -0.2) is 4.79 Å². The van der Waals surface area contributed by atoms with Gasteiger partial charge >= 0.3 is 5.97 Å². The summed E-state index contributed by atoms with van der Waals surface area (Å²) in [5.41, 5.74) is -3.57. The van der Waals surface area contributed by atoms with Gasteiger partial charge < -0.3 is 34.5 Å². The van der Waals surface area contributed by atoms with Crippen LogP contribution < -0.4 is 5.32 Å². The van der Waals surface area contributed by atoms with Crippen molar-refractivity contribution in [2.75, 3.05) is 39.7 Å². The zero-order chi connectivity index (χ0) is 29.8. The number of para-hydroxylation sites is 1. The van der Waals surface area contributed by atoms with Gasteiger partial charge in [-0.05, 0) is 44.4 Å². The van der Waals surface area contributed by atoms with Gasteiger partial charge in [-0.2, -0.15) is 0 Å². The zero-order valence-corrected chi connectivity index (χ0v) is 25.2. The van der Waals surface area contributed by atoms with Gasteiger partial charge in [-0.1, -0.05) is 19.1 Å². The van der Waals surface area contributed by atoms with Gasteiger partial charge in [0.2, 0.25) is 5.91 Å². The maximum absolute atomic E-state index is 14.0. The van der Waals surface area contributed by atoms with Crippen LogP contribution in [-0.4, -0.2) is 103 Å². The van der Waals surface area contributed by atoms with Crippen LogP contribution in [0.5, 0.6) is 0 Å². The third-order valence-corrected chi connectivity index (χ3v) is 12.6. The molecule has 42 heavy (non-hydrogen) atoms. The van der Waals surface area contributed by atoms with E-state index in [-0.39, 0.29) is 47.8 Å². The Morgan fingerprint density at radius 2 is 1.83 bits per heavy atom. The highest BCUT2D eigenvalue weighted by molar-refractivity contribution is 6.00. The Morgan fingerprint density at radius 3 is 2.50 bits per heavy atom. The van der Waals surface area contributed by atoms with E-state index in [2.05, 4.69) is 17.1 Å². The van der Waals surface area contributed by atoms with E-state index in [0.717, 1.165) is 0 Å². The number of piperidine rings is 1. The number of hydrogen-bond donors (Lipinski definition) is 3. The van der Waals surface area contributed by atoms with E-state index in [9.17, 15) is 19.8 Å². The topological polar surface area (TPSA) is 127 Å². The molecule has 5 saturated carbocycles. The molecule has 7 bridgehead atoms. The number of rotatable bonds is 7. The fourth-order valence-corrected chi connectivity index (χ4v) is 11.6. The summed E-state index contributed by atoms with van der Waals surface area (Å²) in [7, 11) is 5.05. The number of likely N-dealkylation sites (tertiary alicyclic amines) is 1. The van der Waals surface area contributed by atoms with E-state index in [1.807, 2.05) is 0 Å². The van der Waals surface area contributed by atoms with E-state index < -0.39 is 34.3 Å². The van der Waals surface area contributed by atoms with Gasteiger partial charge in [0.1, 0.15) is 16.8 Å². The number of ether oxygens (including phenoxy) is 4. The number of amides is 1. The second-order valence-corrected chi connectivity index (χ2v) is 13.7. The summed E-state index contributed by atoms with van der Waals surface area (Å²) in [6, 6.07) is 6.89. The van der Waals surface area contributed by atoms with E-state index in [0.29, 0.717) is 56.4 Å². The van der Waals surface area contributed by atoms with Gasteiger partial charge in [0.15, 0.2) is 0 Å². The van der Waals surface area contributed by atoms with Crippen molar-refractivity contribution >= 4 is 17.6 Å². The molecule has 1 aliphatic heterocycles. The molecule has 0 radical (unpaired) electrons. The molecule has 6 fully saturated rings. The number of nitrogens with zero attached hydrogens (tertiary/aromatic N) is 1. The highest BCUT2D eigenvalue weighted by atomic mass is 16.6. The van der Waals surface area contributed by atoms with Crippen molar-refractivity contribution < 1.29 is 38.7 Å². The summed E-state index contributed by atoms with van der Waals surface area (Å²) in [6.07, 6.45) is 1.91. The molecule has 10 nitrogen and oxygen atoms in total. The van der Waals surface area contributed by atoms with Gasteiger partial charge in [-0.3, -0.25) is 9.69 Å². The highest BCUT2D eigenvalue weighted by Crippen LogP contribution is 2.79. The smallest absolute Gasteiger partial charge is 0.340 e. The monoisotopic (exact) mass is 584 g/mol. The Hall–Kier alpha value is -2.08. The Bertz CT molecular complexity index is 1290. The second kappa shape index (κ2) is 9.46. The predicted molar refractivity (Wildman–Crippen MR) is 152 cm³/mol. The van der Waals surface area contributed by atoms with Crippen molar-refractivity contribution in [3.63, 3.8) is 0 Å². The molecule has 10 heteroatoms. The molecular weight excluding hydrogens is 540 g/mol. The Morgan fingerprint density at radius 1 is 1.07 bits per heavy atom. The van der Waals surface area contributed by atoms with Crippen LogP contribution in [0.1, 0.15) is 56.3 Å². The molecule has 5 aliphatic carbocycles. The Balaban J connectivity index is 1.38. The zero-order valence-electron chi connectivity index (χ0n) is 25.2. The number of methoxy groups -OCH3 is 3. The van der Waals surface area contributed by atoms with Gasteiger partial charge in [-0.15, -0.1) is 0 Å². The SMILES string of the molecule is CCN1C[C@]2(OC(=O)c3ccccc3NC(C)=O)CC[C@H](OC)C34[C@@H]1[C@H](C[C@@H]32)[C@@]1(O)C[C@H](OC)[C@H]2C[C@@H]4[C@]1(O)[C@H]2OC. The lowest BCUT2D eigenvalue weighted by Gasteiger charge is -2.70. The first-order valence-corrected chi connectivity index (χ1v) is 15.4. The van der Waals surface area contributed by atoms with Crippen molar-refractivity contribution in [3.05, 3.63) is 29.8 Å². The molecule has 1 amide bonds. The van der Waals surface area contributed by atoms with E-state index in [1.54, 1.807) is 45.6 Å². The highest BCUT2D eigenvalue weighted by Gasteiger charge is 2.89. The minimum absolute atomic E-state index is 0.0432. The second-order valence-electron chi connectivity index (χ2n) is 13.7. The van der Waals surface area contributed by atoms with Crippen LogP contribution in [0.15, 0.2) is 24.3 Å². The van der Waals surface area contributed by atoms with Crippen molar-refractivity contribution in [1.82, 2.24) is 4.90 Å². The number of carbonyl (C=O) groups excluding carboxylic acids is 2. The number of carbonyl (C=O) groups is 2. The number of benzene rings is 1. The van der Waals surface area contributed by atoms with E-state index in [1.165, 1.54) is 6.92 Å². The average molecular weight is 585 g/mol. The Labute approximate surface area is 247 Å². The fourth-order valence-electron chi connectivity index (χ4n) is 11.6.